The molecule has 1 atom stereocenters. The summed E-state index contributed by atoms with van der Waals surface area (Å²) in [6.45, 7) is 1.65. The number of benzene rings is 3. The van der Waals surface area contributed by atoms with Crippen molar-refractivity contribution in [2.45, 2.75) is 17.9 Å². The molecular weight excluding hydrogens is 452 g/mol. The van der Waals surface area contributed by atoms with Gasteiger partial charge in [-0.2, -0.15) is 0 Å². The predicted octanol–water partition coefficient (Wildman–Crippen LogP) is 4.25. The van der Waals surface area contributed by atoms with E-state index in [4.69, 9.17) is 21.1 Å². The highest BCUT2D eigenvalue weighted by atomic mass is 35.5. The lowest BCUT2D eigenvalue weighted by molar-refractivity contribution is -0.122. The molecule has 0 aliphatic carbocycles. The summed E-state index contributed by atoms with van der Waals surface area (Å²) < 4.78 is 39.1. The number of sulfonamides is 1. The van der Waals surface area contributed by atoms with Crippen LogP contribution in [-0.4, -0.2) is 34.1 Å². The number of nitrogens with one attached hydrogen (secondary N) is 1. The number of anilines is 2. The van der Waals surface area contributed by atoms with E-state index < -0.39 is 22.0 Å². The standard InChI is InChI=1S/C23H21ClN2O5S/c1-15-7-8-16(24)13-19(15)25-23(27)22-14-26(20-5-3-4-6-21(20)31-22)32(28,29)18-11-9-17(30-2)10-12-18/h3-13,22H,14H2,1-2H3,(H,25,27). The van der Waals surface area contributed by atoms with Crippen molar-refractivity contribution in [3.8, 4) is 11.5 Å². The maximum Gasteiger partial charge on any atom is 0.267 e. The van der Waals surface area contributed by atoms with Crippen molar-refractivity contribution in [3.63, 3.8) is 0 Å². The molecule has 0 spiro atoms. The van der Waals surface area contributed by atoms with Gasteiger partial charge in [-0.15, -0.1) is 0 Å². The van der Waals surface area contributed by atoms with Crippen LogP contribution in [0.15, 0.2) is 71.6 Å². The number of ether oxygens (including phenoxy) is 2. The molecule has 7 nitrogen and oxygen atoms in total. The monoisotopic (exact) mass is 472 g/mol. The number of carbonyl (C=O) groups excluding carboxylic acids is 1. The molecule has 1 heterocycles. The molecule has 0 saturated carbocycles. The molecule has 0 radical (unpaired) electrons. The Morgan fingerprint density at radius 2 is 1.84 bits per heavy atom. The Labute approximate surface area is 191 Å². The lowest BCUT2D eigenvalue weighted by Crippen LogP contribution is -2.48. The fourth-order valence-corrected chi connectivity index (χ4v) is 5.03. The van der Waals surface area contributed by atoms with Crippen LogP contribution >= 0.6 is 11.6 Å². The first kappa shape index (κ1) is 22.0. The molecule has 0 fully saturated rings. The van der Waals surface area contributed by atoms with Crippen molar-refractivity contribution in [2.75, 3.05) is 23.3 Å². The van der Waals surface area contributed by atoms with Crippen molar-refractivity contribution in [1.29, 1.82) is 0 Å². The van der Waals surface area contributed by atoms with Crippen LogP contribution < -0.4 is 19.1 Å². The van der Waals surface area contributed by atoms with E-state index in [2.05, 4.69) is 5.32 Å². The Bertz CT molecular complexity index is 1260. The smallest absolute Gasteiger partial charge is 0.267 e. The molecule has 3 aromatic carbocycles. The van der Waals surface area contributed by atoms with E-state index in [1.165, 1.54) is 23.5 Å². The molecule has 1 aliphatic heterocycles. The van der Waals surface area contributed by atoms with Crippen molar-refractivity contribution in [3.05, 3.63) is 77.3 Å². The minimum atomic E-state index is -3.96. The van der Waals surface area contributed by atoms with Gasteiger partial charge in [0.05, 0.1) is 24.2 Å². The van der Waals surface area contributed by atoms with Gasteiger partial charge in [0.1, 0.15) is 11.5 Å². The Morgan fingerprint density at radius 1 is 1.12 bits per heavy atom. The molecule has 166 valence electrons. The third-order valence-corrected chi connectivity index (χ3v) is 7.16. The average molecular weight is 473 g/mol. The number of methoxy groups -OCH3 is 1. The molecule has 32 heavy (non-hydrogen) atoms. The maximum absolute atomic E-state index is 13.5. The molecule has 4 rings (SSSR count). The van der Waals surface area contributed by atoms with Gasteiger partial charge in [0.2, 0.25) is 0 Å². The number of hydrogen-bond donors (Lipinski definition) is 1. The summed E-state index contributed by atoms with van der Waals surface area (Å²) in [5, 5.41) is 3.27. The summed E-state index contributed by atoms with van der Waals surface area (Å²) in [6.07, 6.45) is -1.06. The first-order chi connectivity index (χ1) is 15.3. The molecule has 9 heteroatoms. The Hall–Kier alpha value is -3.23. The van der Waals surface area contributed by atoms with Crippen molar-refractivity contribution < 1.29 is 22.7 Å². The number of halogens is 1. The van der Waals surface area contributed by atoms with Gasteiger partial charge in [-0.3, -0.25) is 9.10 Å². The van der Waals surface area contributed by atoms with Gasteiger partial charge in [-0.05, 0) is 61.0 Å². The van der Waals surface area contributed by atoms with Gasteiger partial charge in [0.15, 0.2) is 6.10 Å². The van der Waals surface area contributed by atoms with E-state index in [-0.39, 0.29) is 11.4 Å². The molecule has 3 aromatic rings. The minimum Gasteiger partial charge on any atom is -0.497 e. The number of rotatable bonds is 5. The van der Waals surface area contributed by atoms with Gasteiger partial charge in [-0.1, -0.05) is 29.8 Å². The highest BCUT2D eigenvalue weighted by Gasteiger charge is 2.37. The molecule has 1 aliphatic rings. The lowest BCUT2D eigenvalue weighted by atomic mass is 10.1. The van der Waals surface area contributed by atoms with Crippen LogP contribution in [0.3, 0.4) is 0 Å². The van der Waals surface area contributed by atoms with Crippen LogP contribution in [0, 0.1) is 6.92 Å². The number of nitrogens with zero attached hydrogens (tertiary/aromatic N) is 1. The van der Waals surface area contributed by atoms with Gasteiger partial charge in [-0.25, -0.2) is 8.42 Å². The Kier molecular flexibility index (Phi) is 5.99. The molecule has 0 bridgehead atoms. The average Bonchev–Trinajstić information content (AvgIpc) is 2.80. The van der Waals surface area contributed by atoms with Gasteiger partial charge < -0.3 is 14.8 Å². The maximum atomic E-state index is 13.5. The summed E-state index contributed by atoms with van der Waals surface area (Å²) in [5.41, 5.74) is 1.72. The number of hydrogen-bond acceptors (Lipinski definition) is 5. The second-order valence-corrected chi connectivity index (χ2v) is 9.53. The van der Waals surface area contributed by atoms with Crippen molar-refractivity contribution in [2.24, 2.45) is 0 Å². The van der Waals surface area contributed by atoms with E-state index in [0.717, 1.165) is 5.56 Å². The van der Waals surface area contributed by atoms with Crippen LogP contribution in [0.2, 0.25) is 5.02 Å². The van der Waals surface area contributed by atoms with Crippen LogP contribution in [0.5, 0.6) is 11.5 Å². The summed E-state index contributed by atoms with van der Waals surface area (Å²) in [5.74, 6) is 0.374. The zero-order valence-electron chi connectivity index (χ0n) is 17.4. The van der Waals surface area contributed by atoms with Crippen molar-refractivity contribution >= 4 is 38.9 Å². The molecule has 1 unspecified atom stereocenters. The van der Waals surface area contributed by atoms with Gasteiger partial charge in [0, 0.05) is 10.7 Å². The zero-order chi connectivity index (χ0) is 22.9. The van der Waals surface area contributed by atoms with E-state index in [9.17, 15) is 13.2 Å². The topological polar surface area (TPSA) is 84.9 Å². The Morgan fingerprint density at radius 3 is 2.56 bits per heavy atom. The number of amides is 1. The third kappa shape index (κ3) is 4.24. The normalized spacial score (nSPS) is 15.5. The first-order valence-electron chi connectivity index (χ1n) is 9.79. The molecule has 1 amide bonds. The van der Waals surface area contributed by atoms with Gasteiger partial charge >= 0.3 is 0 Å². The second kappa shape index (κ2) is 8.72. The summed E-state index contributed by atoms with van der Waals surface area (Å²) in [6, 6.07) is 18.0. The molecule has 0 saturated heterocycles. The van der Waals surface area contributed by atoms with E-state index in [0.29, 0.717) is 27.9 Å². The van der Waals surface area contributed by atoms with E-state index in [1.807, 2.05) is 6.92 Å². The Balaban J connectivity index is 1.67. The summed E-state index contributed by atoms with van der Waals surface area (Å²) >= 11 is 6.05. The molecular formula is C23H21ClN2O5S. The van der Waals surface area contributed by atoms with Crippen molar-refractivity contribution in [1.82, 2.24) is 0 Å². The highest BCUT2D eigenvalue weighted by Crippen LogP contribution is 2.37. The fourth-order valence-electron chi connectivity index (χ4n) is 3.38. The summed E-state index contributed by atoms with van der Waals surface area (Å²) in [7, 11) is -2.45. The third-order valence-electron chi connectivity index (χ3n) is 5.13. The lowest BCUT2D eigenvalue weighted by Gasteiger charge is -2.34. The largest absolute Gasteiger partial charge is 0.497 e. The quantitative estimate of drug-likeness (QED) is 0.600. The highest BCUT2D eigenvalue weighted by molar-refractivity contribution is 7.92. The van der Waals surface area contributed by atoms with Gasteiger partial charge in [0.25, 0.3) is 15.9 Å². The first-order valence-corrected chi connectivity index (χ1v) is 11.6. The van der Waals surface area contributed by atoms with E-state index in [1.54, 1.807) is 54.6 Å². The van der Waals surface area contributed by atoms with Crippen LogP contribution in [0.4, 0.5) is 11.4 Å². The SMILES string of the molecule is COc1ccc(S(=O)(=O)N2CC(C(=O)Nc3cc(Cl)ccc3C)Oc3ccccc32)cc1. The second-order valence-electron chi connectivity index (χ2n) is 7.23. The number of para-hydroxylation sites is 2. The number of fused-ring (bicyclic) bond motifs is 1. The minimum absolute atomic E-state index is 0.0832. The number of aryl methyl sites for hydroxylation is 1. The van der Waals surface area contributed by atoms with Crippen LogP contribution in [0.25, 0.3) is 0 Å². The predicted molar refractivity (Wildman–Crippen MR) is 123 cm³/mol. The molecule has 1 N–H and O–H groups in total. The van der Waals surface area contributed by atoms with Crippen LogP contribution in [-0.2, 0) is 14.8 Å². The molecule has 0 aromatic heterocycles. The van der Waals surface area contributed by atoms with E-state index >= 15 is 0 Å². The number of carbonyl (C=O) groups is 1. The summed E-state index contributed by atoms with van der Waals surface area (Å²) in [4.78, 5) is 13.1. The fraction of sp³-hybridized carbons (Fsp3) is 0.174. The van der Waals surface area contributed by atoms with Crippen LogP contribution in [0.1, 0.15) is 5.56 Å². The zero-order valence-corrected chi connectivity index (χ0v) is 19.0.